The number of nitrogen functional groups attached to an aromatic ring is 1. The van der Waals surface area contributed by atoms with Crippen molar-refractivity contribution in [2.45, 2.75) is 19.4 Å². The SMILES string of the molecule is CC1NCCc2c(N)noc21. The number of aromatic nitrogens is 1. The number of nitrogens with one attached hydrogen (secondary N) is 1. The topological polar surface area (TPSA) is 64.1 Å². The summed E-state index contributed by atoms with van der Waals surface area (Å²) in [4.78, 5) is 0. The predicted octanol–water partition coefficient (Wildman–Crippen LogP) is 0.463. The summed E-state index contributed by atoms with van der Waals surface area (Å²) in [6, 6.07) is 0.253. The Morgan fingerprint density at radius 1 is 1.73 bits per heavy atom. The molecule has 0 fully saturated rings. The molecular weight excluding hydrogens is 142 g/mol. The van der Waals surface area contributed by atoms with Gasteiger partial charge in [-0.3, -0.25) is 0 Å². The molecule has 1 atom stereocenters. The number of nitrogens with zero attached hydrogens (tertiary/aromatic N) is 1. The molecule has 1 aliphatic heterocycles. The van der Waals surface area contributed by atoms with Crippen molar-refractivity contribution >= 4 is 5.82 Å². The zero-order chi connectivity index (χ0) is 7.84. The molecule has 0 amide bonds. The van der Waals surface area contributed by atoms with Gasteiger partial charge in [-0.15, -0.1) is 0 Å². The van der Waals surface area contributed by atoms with Crippen molar-refractivity contribution in [3.63, 3.8) is 0 Å². The van der Waals surface area contributed by atoms with Crippen LogP contribution in [0.2, 0.25) is 0 Å². The van der Waals surface area contributed by atoms with E-state index in [2.05, 4.69) is 10.5 Å². The van der Waals surface area contributed by atoms with E-state index in [4.69, 9.17) is 10.3 Å². The van der Waals surface area contributed by atoms with Crippen LogP contribution in [0.25, 0.3) is 0 Å². The van der Waals surface area contributed by atoms with Crippen molar-refractivity contribution in [1.29, 1.82) is 0 Å². The molecule has 0 bridgehead atoms. The molecular formula is C7H11N3O. The Labute approximate surface area is 64.7 Å². The monoisotopic (exact) mass is 153 g/mol. The van der Waals surface area contributed by atoms with Crippen LogP contribution in [0.5, 0.6) is 0 Å². The minimum absolute atomic E-state index is 0.253. The fourth-order valence-electron chi connectivity index (χ4n) is 1.43. The highest BCUT2D eigenvalue weighted by Gasteiger charge is 2.22. The van der Waals surface area contributed by atoms with E-state index in [0.717, 1.165) is 24.3 Å². The molecule has 2 rings (SSSR count). The van der Waals surface area contributed by atoms with Gasteiger partial charge in [0.25, 0.3) is 0 Å². The van der Waals surface area contributed by atoms with E-state index in [1.807, 2.05) is 6.92 Å². The van der Waals surface area contributed by atoms with Crippen molar-refractivity contribution in [2.24, 2.45) is 0 Å². The van der Waals surface area contributed by atoms with Crippen LogP contribution in [0.15, 0.2) is 4.52 Å². The number of fused-ring (bicyclic) bond motifs is 1. The first kappa shape index (κ1) is 6.67. The molecule has 0 spiro atoms. The first-order chi connectivity index (χ1) is 5.29. The summed E-state index contributed by atoms with van der Waals surface area (Å²) < 4.78 is 5.06. The standard InChI is InChI=1S/C7H11N3O/c1-4-6-5(2-3-9-4)7(8)10-11-6/h4,9H,2-3H2,1H3,(H2,8,10). The van der Waals surface area contributed by atoms with Gasteiger partial charge in [-0.25, -0.2) is 0 Å². The lowest BCUT2D eigenvalue weighted by Gasteiger charge is -2.17. The van der Waals surface area contributed by atoms with Gasteiger partial charge in [0.1, 0.15) is 0 Å². The van der Waals surface area contributed by atoms with E-state index < -0.39 is 0 Å². The average Bonchev–Trinajstić information content (AvgIpc) is 2.35. The van der Waals surface area contributed by atoms with Gasteiger partial charge < -0.3 is 15.6 Å². The van der Waals surface area contributed by atoms with E-state index in [9.17, 15) is 0 Å². The minimum atomic E-state index is 0.253. The lowest BCUT2D eigenvalue weighted by atomic mass is 10.0. The van der Waals surface area contributed by atoms with Crippen LogP contribution < -0.4 is 11.1 Å². The van der Waals surface area contributed by atoms with E-state index >= 15 is 0 Å². The number of anilines is 1. The van der Waals surface area contributed by atoms with Crippen molar-refractivity contribution < 1.29 is 4.52 Å². The van der Waals surface area contributed by atoms with Crippen LogP contribution in [-0.2, 0) is 6.42 Å². The lowest BCUT2D eigenvalue weighted by Crippen LogP contribution is -2.27. The second kappa shape index (κ2) is 2.23. The second-order valence-electron chi connectivity index (χ2n) is 2.84. The fraction of sp³-hybridized carbons (Fsp3) is 0.571. The Morgan fingerprint density at radius 3 is 3.27 bits per heavy atom. The van der Waals surface area contributed by atoms with E-state index in [1.165, 1.54) is 0 Å². The zero-order valence-corrected chi connectivity index (χ0v) is 6.42. The van der Waals surface area contributed by atoms with Crippen LogP contribution >= 0.6 is 0 Å². The maximum absolute atomic E-state index is 5.59. The molecule has 60 valence electrons. The summed E-state index contributed by atoms with van der Waals surface area (Å²) in [5.41, 5.74) is 6.67. The summed E-state index contributed by atoms with van der Waals surface area (Å²) in [6.45, 7) is 3.00. The van der Waals surface area contributed by atoms with Crippen molar-refractivity contribution in [3.8, 4) is 0 Å². The fourth-order valence-corrected chi connectivity index (χ4v) is 1.43. The smallest absolute Gasteiger partial charge is 0.170 e. The quantitative estimate of drug-likeness (QED) is 0.568. The van der Waals surface area contributed by atoms with Gasteiger partial charge in [0.15, 0.2) is 11.6 Å². The molecule has 2 heterocycles. The molecule has 1 aliphatic rings. The second-order valence-corrected chi connectivity index (χ2v) is 2.84. The summed E-state index contributed by atoms with van der Waals surface area (Å²) in [5, 5.41) is 6.97. The third-order valence-electron chi connectivity index (χ3n) is 2.07. The molecule has 1 aromatic rings. The Bertz CT molecular complexity index is 269. The van der Waals surface area contributed by atoms with Gasteiger partial charge >= 0.3 is 0 Å². The van der Waals surface area contributed by atoms with Crippen LogP contribution in [0, 0.1) is 0 Å². The van der Waals surface area contributed by atoms with Crippen molar-refractivity contribution in [1.82, 2.24) is 10.5 Å². The molecule has 3 N–H and O–H groups in total. The largest absolute Gasteiger partial charge is 0.381 e. The van der Waals surface area contributed by atoms with Crippen LogP contribution in [0.4, 0.5) is 5.82 Å². The maximum Gasteiger partial charge on any atom is 0.170 e. The number of hydrogen-bond donors (Lipinski definition) is 2. The summed E-state index contributed by atoms with van der Waals surface area (Å²) in [5.74, 6) is 1.45. The van der Waals surface area contributed by atoms with Crippen LogP contribution in [0.1, 0.15) is 24.3 Å². The third kappa shape index (κ3) is 0.903. The minimum Gasteiger partial charge on any atom is -0.381 e. The Hall–Kier alpha value is -1.03. The Balaban J connectivity index is 2.46. The number of rotatable bonds is 0. The first-order valence-corrected chi connectivity index (χ1v) is 3.76. The Morgan fingerprint density at radius 2 is 2.55 bits per heavy atom. The maximum atomic E-state index is 5.59. The van der Waals surface area contributed by atoms with E-state index in [-0.39, 0.29) is 6.04 Å². The van der Waals surface area contributed by atoms with Gasteiger partial charge in [-0.05, 0) is 13.3 Å². The van der Waals surface area contributed by atoms with Crippen molar-refractivity contribution in [2.75, 3.05) is 12.3 Å². The highest BCUT2D eigenvalue weighted by molar-refractivity contribution is 5.42. The van der Waals surface area contributed by atoms with Gasteiger partial charge in [-0.2, -0.15) is 0 Å². The summed E-state index contributed by atoms with van der Waals surface area (Å²) in [6.07, 6.45) is 0.926. The van der Waals surface area contributed by atoms with Gasteiger partial charge in [-0.1, -0.05) is 5.16 Å². The lowest BCUT2D eigenvalue weighted by molar-refractivity contribution is 0.338. The molecule has 4 heteroatoms. The molecule has 4 nitrogen and oxygen atoms in total. The van der Waals surface area contributed by atoms with Gasteiger partial charge in [0.2, 0.25) is 0 Å². The zero-order valence-electron chi connectivity index (χ0n) is 6.42. The van der Waals surface area contributed by atoms with E-state index in [1.54, 1.807) is 0 Å². The third-order valence-corrected chi connectivity index (χ3v) is 2.07. The van der Waals surface area contributed by atoms with Crippen LogP contribution in [0.3, 0.4) is 0 Å². The molecule has 0 radical (unpaired) electrons. The average molecular weight is 153 g/mol. The van der Waals surface area contributed by atoms with Crippen LogP contribution in [-0.4, -0.2) is 11.7 Å². The van der Waals surface area contributed by atoms with E-state index in [0.29, 0.717) is 5.82 Å². The normalized spacial score (nSPS) is 23.2. The van der Waals surface area contributed by atoms with Gasteiger partial charge in [0.05, 0.1) is 6.04 Å². The molecule has 1 unspecified atom stereocenters. The first-order valence-electron chi connectivity index (χ1n) is 3.76. The molecule has 1 aromatic heterocycles. The molecule has 0 saturated carbocycles. The molecule has 0 aliphatic carbocycles. The predicted molar refractivity (Wildman–Crippen MR) is 41.0 cm³/mol. The Kier molecular flexibility index (Phi) is 1.35. The summed E-state index contributed by atoms with van der Waals surface area (Å²) in [7, 11) is 0. The van der Waals surface area contributed by atoms with Crippen molar-refractivity contribution in [3.05, 3.63) is 11.3 Å². The number of hydrogen-bond acceptors (Lipinski definition) is 4. The highest BCUT2D eigenvalue weighted by Crippen LogP contribution is 2.25. The number of nitrogens with two attached hydrogens (primary N) is 1. The highest BCUT2D eigenvalue weighted by atomic mass is 16.5. The summed E-state index contributed by atoms with van der Waals surface area (Å²) >= 11 is 0. The molecule has 0 aromatic carbocycles. The molecule has 0 saturated heterocycles. The molecule has 11 heavy (non-hydrogen) atoms. The van der Waals surface area contributed by atoms with Gasteiger partial charge in [0, 0.05) is 12.1 Å².